The molecule has 1 aliphatic heterocycles. The zero-order valence-electron chi connectivity index (χ0n) is 14.0. The molecule has 0 saturated carbocycles. The molecule has 27 heavy (non-hydrogen) atoms. The third kappa shape index (κ3) is 2.92. The molecule has 0 amide bonds. The first kappa shape index (κ1) is 16.5. The van der Waals surface area contributed by atoms with Gasteiger partial charge in [0.2, 0.25) is 6.79 Å². The Hall–Kier alpha value is -3.98. The maximum Gasteiger partial charge on any atom is 0.339 e. The second kappa shape index (κ2) is 6.39. The Kier molecular flexibility index (Phi) is 3.90. The minimum Gasteiger partial charge on any atom is -0.507 e. The zero-order valence-corrected chi connectivity index (χ0v) is 14.0. The number of aromatic hydroxyl groups is 1. The molecule has 4 rings (SSSR count). The molecule has 0 fully saturated rings. The average Bonchev–Trinajstić information content (AvgIpc) is 3.15. The lowest BCUT2D eigenvalue weighted by Gasteiger charge is -2.10. The van der Waals surface area contributed by atoms with Crippen LogP contribution in [0.1, 0.15) is 15.9 Å². The van der Waals surface area contributed by atoms with E-state index in [0.717, 1.165) is 11.1 Å². The molecule has 3 aromatic carbocycles. The van der Waals surface area contributed by atoms with Crippen LogP contribution in [0, 0.1) is 11.3 Å². The fraction of sp³-hybridized carbons (Fsp3) is 0.0476. The van der Waals surface area contributed by atoms with Crippen LogP contribution in [0.4, 0.5) is 0 Å². The summed E-state index contributed by atoms with van der Waals surface area (Å²) in [5.74, 6) is -0.222. The molecule has 132 valence electrons. The number of ether oxygens (including phenoxy) is 2. The second-order valence-electron chi connectivity index (χ2n) is 5.98. The zero-order chi connectivity index (χ0) is 19.0. The number of aromatic carboxylic acids is 1. The molecule has 0 aromatic heterocycles. The van der Waals surface area contributed by atoms with E-state index in [-0.39, 0.29) is 18.1 Å². The number of nitriles is 1. The standard InChI is InChI=1S/C21H13NO5/c22-10-15-7-12(13-2-5-18(23)17(8-13)21(24)25)1-4-16(15)14-3-6-19-20(9-14)27-11-26-19/h1-9,23H,11H2,(H,24,25). The minimum absolute atomic E-state index is 0.176. The van der Waals surface area contributed by atoms with Crippen molar-refractivity contribution in [1.82, 2.24) is 0 Å². The van der Waals surface area contributed by atoms with Gasteiger partial charge in [0.05, 0.1) is 11.6 Å². The van der Waals surface area contributed by atoms with Gasteiger partial charge in [-0.2, -0.15) is 5.26 Å². The lowest BCUT2D eigenvalue weighted by molar-refractivity contribution is 0.0693. The molecule has 1 heterocycles. The largest absolute Gasteiger partial charge is 0.507 e. The van der Waals surface area contributed by atoms with Crippen molar-refractivity contribution in [3.05, 3.63) is 65.7 Å². The van der Waals surface area contributed by atoms with Crippen LogP contribution in [0.2, 0.25) is 0 Å². The molecule has 0 atom stereocenters. The van der Waals surface area contributed by atoms with E-state index in [2.05, 4.69) is 6.07 Å². The van der Waals surface area contributed by atoms with E-state index in [1.165, 1.54) is 12.1 Å². The van der Waals surface area contributed by atoms with Crippen LogP contribution < -0.4 is 9.47 Å². The maximum atomic E-state index is 11.2. The van der Waals surface area contributed by atoms with Gasteiger partial charge in [0.15, 0.2) is 11.5 Å². The average molecular weight is 359 g/mol. The highest BCUT2D eigenvalue weighted by Gasteiger charge is 2.16. The molecule has 1 aliphatic rings. The minimum atomic E-state index is -1.22. The van der Waals surface area contributed by atoms with E-state index in [0.29, 0.717) is 28.2 Å². The van der Waals surface area contributed by atoms with Crippen LogP contribution in [-0.2, 0) is 0 Å². The molecule has 0 spiro atoms. The monoisotopic (exact) mass is 359 g/mol. The van der Waals surface area contributed by atoms with Crippen LogP contribution >= 0.6 is 0 Å². The first-order valence-corrected chi connectivity index (χ1v) is 8.07. The molecular weight excluding hydrogens is 346 g/mol. The Labute approximate surface area is 154 Å². The van der Waals surface area contributed by atoms with Crippen LogP contribution in [-0.4, -0.2) is 23.0 Å². The van der Waals surface area contributed by atoms with Gasteiger partial charge >= 0.3 is 5.97 Å². The van der Waals surface area contributed by atoms with Crippen molar-refractivity contribution in [2.24, 2.45) is 0 Å². The third-order valence-corrected chi connectivity index (χ3v) is 4.38. The Morgan fingerprint density at radius 3 is 2.41 bits per heavy atom. The molecule has 0 radical (unpaired) electrons. The smallest absolute Gasteiger partial charge is 0.339 e. The Morgan fingerprint density at radius 1 is 0.926 bits per heavy atom. The number of carboxylic acids is 1. The Morgan fingerprint density at radius 2 is 1.63 bits per heavy atom. The lowest BCUT2D eigenvalue weighted by Crippen LogP contribution is -1.97. The summed E-state index contributed by atoms with van der Waals surface area (Å²) < 4.78 is 10.7. The first-order chi connectivity index (χ1) is 13.1. The van der Waals surface area contributed by atoms with Crippen molar-refractivity contribution in [3.63, 3.8) is 0 Å². The highest BCUT2D eigenvalue weighted by atomic mass is 16.7. The van der Waals surface area contributed by atoms with E-state index in [4.69, 9.17) is 9.47 Å². The summed E-state index contributed by atoms with van der Waals surface area (Å²) in [6.07, 6.45) is 0. The van der Waals surface area contributed by atoms with Crippen LogP contribution in [0.5, 0.6) is 17.2 Å². The van der Waals surface area contributed by atoms with Gasteiger partial charge in [0, 0.05) is 0 Å². The number of rotatable bonds is 3. The number of nitrogens with zero attached hydrogens (tertiary/aromatic N) is 1. The fourth-order valence-corrected chi connectivity index (χ4v) is 3.02. The van der Waals surface area contributed by atoms with Gasteiger partial charge in [0.1, 0.15) is 11.3 Å². The number of phenols is 1. The highest BCUT2D eigenvalue weighted by molar-refractivity contribution is 5.92. The van der Waals surface area contributed by atoms with E-state index in [1.54, 1.807) is 30.3 Å². The second-order valence-corrected chi connectivity index (χ2v) is 5.98. The molecule has 0 unspecified atom stereocenters. The van der Waals surface area contributed by atoms with Crippen molar-refractivity contribution >= 4 is 5.97 Å². The topological polar surface area (TPSA) is 99.8 Å². The van der Waals surface area contributed by atoms with E-state index in [9.17, 15) is 20.3 Å². The summed E-state index contributed by atoms with van der Waals surface area (Å²) in [6, 6.07) is 17.3. The van der Waals surface area contributed by atoms with E-state index < -0.39 is 5.97 Å². The summed E-state index contributed by atoms with van der Waals surface area (Å²) in [7, 11) is 0. The molecular formula is C21H13NO5. The van der Waals surface area contributed by atoms with E-state index in [1.807, 2.05) is 12.1 Å². The van der Waals surface area contributed by atoms with Crippen molar-refractivity contribution in [2.75, 3.05) is 6.79 Å². The third-order valence-electron chi connectivity index (χ3n) is 4.38. The maximum absolute atomic E-state index is 11.2. The number of fused-ring (bicyclic) bond motifs is 1. The molecule has 0 bridgehead atoms. The SMILES string of the molecule is N#Cc1cc(-c2ccc(O)c(C(=O)O)c2)ccc1-c1ccc2c(c1)OCO2. The Balaban J connectivity index is 1.78. The fourth-order valence-electron chi connectivity index (χ4n) is 3.02. The van der Waals surface area contributed by atoms with Crippen LogP contribution in [0.25, 0.3) is 22.3 Å². The molecule has 2 N–H and O–H groups in total. The van der Waals surface area contributed by atoms with Gasteiger partial charge in [-0.1, -0.05) is 24.3 Å². The van der Waals surface area contributed by atoms with Gasteiger partial charge in [-0.3, -0.25) is 0 Å². The molecule has 6 heteroatoms. The van der Waals surface area contributed by atoms with Gasteiger partial charge in [-0.25, -0.2) is 4.79 Å². The van der Waals surface area contributed by atoms with Gasteiger partial charge in [-0.15, -0.1) is 0 Å². The number of carbonyl (C=O) groups is 1. The highest BCUT2D eigenvalue weighted by Crippen LogP contribution is 2.37. The van der Waals surface area contributed by atoms with Gasteiger partial charge in [-0.05, 0) is 52.6 Å². The normalized spacial score (nSPS) is 11.8. The molecule has 0 saturated heterocycles. The van der Waals surface area contributed by atoms with Gasteiger partial charge < -0.3 is 19.7 Å². The van der Waals surface area contributed by atoms with Crippen molar-refractivity contribution in [3.8, 4) is 45.6 Å². The Bertz CT molecular complexity index is 1110. The number of benzene rings is 3. The van der Waals surface area contributed by atoms with E-state index >= 15 is 0 Å². The van der Waals surface area contributed by atoms with Crippen LogP contribution in [0.3, 0.4) is 0 Å². The summed E-state index contributed by atoms with van der Waals surface area (Å²) in [5, 5.41) is 28.4. The summed E-state index contributed by atoms with van der Waals surface area (Å²) in [5.41, 5.74) is 3.08. The number of hydrogen-bond donors (Lipinski definition) is 2. The number of hydrogen-bond acceptors (Lipinski definition) is 5. The van der Waals surface area contributed by atoms with Crippen molar-refractivity contribution in [1.29, 1.82) is 5.26 Å². The van der Waals surface area contributed by atoms with Crippen LogP contribution in [0.15, 0.2) is 54.6 Å². The van der Waals surface area contributed by atoms with Gasteiger partial charge in [0.25, 0.3) is 0 Å². The number of carboxylic acid groups (broad SMARTS) is 1. The molecule has 3 aromatic rings. The van der Waals surface area contributed by atoms with Crippen molar-refractivity contribution in [2.45, 2.75) is 0 Å². The predicted molar refractivity (Wildman–Crippen MR) is 96.8 cm³/mol. The molecule has 6 nitrogen and oxygen atoms in total. The quantitative estimate of drug-likeness (QED) is 0.732. The van der Waals surface area contributed by atoms with Crippen molar-refractivity contribution < 1.29 is 24.5 Å². The summed E-state index contributed by atoms with van der Waals surface area (Å²) in [4.78, 5) is 11.2. The predicted octanol–water partition coefficient (Wildman–Crippen LogP) is 4.02. The molecule has 0 aliphatic carbocycles. The summed E-state index contributed by atoms with van der Waals surface area (Å²) >= 11 is 0. The summed E-state index contributed by atoms with van der Waals surface area (Å²) in [6.45, 7) is 0.176. The lowest BCUT2D eigenvalue weighted by atomic mass is 9.94. The first-order valence-electron chi connectivity index (χ1n) is 8.07.